The van der Waals surface area contributed by atoms with Gasteiger partial charge in [-0.15, -0.1) is 0 Å². The number of benzene rings is 2. The van der Waals surface area contributed by atoms with E-state index in [-0.39, 0.29) is 12.5 Å². The van der Waals surface area contributed by atoms with Gasteiger partial charge in [-0.1, -0.05) is 29.3 Å². The maximum atomic E-state index is 11.8. The van der Waals surface area contributed by atoms with E-state index in [2.05, 4.69) is 10.6 Å². The highest BCUT2D eigenvalue weighted by molar-refractivity contribution is 6.43. The molecule has 0 fully saturated rings. The quantitative estimate of drug-likeness (QED) is 0.897. The summed E-state index contributed by atoms with van der Waals surface area (Å²) < 4.78 is 0. The predicted molar refractivity (Wildman–Crippen MR) is 84.7 cm³/mol. The van der Waals surface area contributed by atoms with Gasteiger partial charge in [0, 0.05) is 5.69 Å². The summed E-state index contributed by atoms with van der Waals surface area (Å²) in [7, 11) is 0. The molecule has 0 aliphatic carbocycles. The van der Waals surface area contributed by atoms with Crippen LogP contribution in [-0.2, 0) is 4.79 Å². The molecule has 0 heterocycles. The van der Waals surface area contributed by atoms with Crippen LogP contribution in [0.5, 0.6) is 0 Å². The average Bonchev–Trinajstić information content (AvgIpc) is 2.49. The summed E-state index contributed by atoms with van der Waals surface area (Å²) in [5.41, 5.74) is 1.76. The predicted octanol–water partition coefficient (Wildman–Crippen LogP) is 3.92. The van der Waals surface area contributed by atoms with Crippen LogP contribution in [0.25, 0.3) is 0 Å². The normalized spacial score (nSPS) is 9.76. The van der Waals surface area contributed by atoms with Gasteiger partial charge in [-0.3, -0.25) is 4.79 Å². The Bertz CT molecular complexity index is 693. The third kappa shape index (κ3) is 4.12. The number of carbonyl (C=O) groups is 1. The molecule has 0 aromatic heterocycles. The number of hydrogen-bond acceptors (Lipinski definition) is 3. The first-order valence-corrected chi connectivity index (χ1v) is 6.83. The minimum atomic E-state index is -0.226. The highest BCUT2D eigenvalue weighted by atomic mass is 35.5. The molecule has 0 unspecified atom stereocenters. The second kappa shape index (κ2) is 6.98. The molecule has 2 N–H and O–H groups in total. The standard InChI is InChI=1S/C15H11Cl2N3O/c16-12-2-1-3-13(15(12)17)19-9-14(21)20-11-6-4-10(8-18)5-7-11/h1-7,19H,9H2,(H,20,21). The maximum absolute atomic E-state index is 11.8. The molecule has 2 aromatic rings. The molecule has 0 aliphatic rings. The van der Waals surface area contributed by atoms with Gasteiger partial charge in [-0.05, 0) is 36.4 Å². The second-order valence-electron chi connectivity index (χ2n) is 4.19. The van der Waals surface area contributed by atoms with Gasteiger partial charge in [0.1, 0.15) is 0 Å². The summed E-state index contributed by atoms with van der Waals surface area (Å²) in [6.07, 6.45) is 0. The summed E-state index contributed by atoms with van der Waals surface area (Å²) in [6, 6.07) is 13.8. The van der Waals surface area contributed by atoms with Crippen molar-refractivity contribution in [2.75, 3.05) is 17.2 Å². The Morgan fingerprint density at radius 2 is 1.86 bits per heavy atom. The van der Waals surface area contributed by atoms with Crippen molar-refractivity contribution in [1.82, 2.24) is 0 Å². The lowest BCUT2D eigenvalue weighted by molar-refractivity contribution is -0.114. The lowest BCUT2D eigenvalue weighted by Gasteiger charge is -2.10. The molecule has 2 rings (SSSR count). The number of amides is 1. The average molecular weight is 320 g/mol. The molecule has 4 nitrogen and oxygen atoms in total. The number of anilines is 2. The first kappa shape index (κ1) is 15.2. The van der Waals surface area contributed by atoms with Crippen LogP contribution in [0.1, 0.15) is 5.56 Å². The van der Waals surface area contributed by atoms with Gasteiger partial charge in [0.15, 0.2) is 0 Å². The lowest BCUT2D eigenvalue weighted by Crippen LogP contribution is -2.21. The maximum Gasteiger partial charge on any atom is 0.243 e. The van der Waals surface area contributed by atoms with E-state index < -0.39 is 0 Å². The number of rotatable bonds is 4. The van der Waals surface area contributed by atoms with Crippen molar-refractivity contribution in [3.63, 3.8) is 0 Å². The first-order chi connectivity index (χ1) is 10.1. The zero-order chi connectivity index (χ0) is 15.2. The number of nitriles is 1. The van der Waals surface area contributed by atoms with E-state index in [9.17, 15) is 4.79 Å². The van der Waals surface area contributed by atoms with Gasteiger partial charge in [0.25, 0.3) is 0 Å². The zero-order valence-electron chi connectivity index (χ0n) is 10.9. The Labute approximate surface area is 132 Å². The Morgan fingerprint density at radius 1 is 1.14 bits per heavy atom. The summed E-state index contributed by atoms with van der Waals surface area (Å²) in [5.74, 6) is -0.226. The van der Waals surface area contributed by atoms with Crippen molar-refractivity contribution in [3.8, 4) is 6.07 Å². The van der Waals surface area contributed by atoms with Crippen LogP contribution < -0.4 is 10.6 Å². The van der Waals surface area contributed by atoms with Crippen LogP contribution in [0.2, 0.25) is 10.0 Å². The minimum absolute atomic E-state index is 0.0556. The monoisotopic (exact) mass is 319 g/mol. The molecule has 0 aliphatic heterocycles. The fraction of sp³-hybridized carbons (Fsp3) is 0.0667. The fourth-order valence-corrected chi connectivity index (χ4v) is 2.02. The van der Waals surface area contributed by atoms with Gasteiger partial charge in [0.05, 0.1) is 33.9 Å². The van der Waals surface area contributed by atoms with Gasteiger partial charge in [0.2, 0.25) is 5.91 Å². The van der Waals surface area contributed by atoms with Crippen LogP contribution >= 0.6 is 23.2 Å². The summed E-state index contributed by atoms with van der Waals surface area (Å²) in [6.45, 7) is 0.0556. The molecule has 106 valence electrons. The molecule has 0 atom stereocenters. The summed E-state index contributed by atoms with van der Waals surface area (Å²) >= 11 is 11.9. The smallest absolute Gasteiger partial charge is 0.243 e. The third-order valence-electron chi connectivity index (χ3n) is 2.69. The number of nitrogens with zero attached hydrogens (tertiary/aromatic N) is 1. The highest BCUT2D eigenvalue weighted by Crippen LogP contribution is 2.29. The summed E-state index contributed by atoms with van der Waals surface area (Å²) in [5, 5.41) is 15.1. The highest BCUT2D eigenvalue weighted by Gasteiger charge is 2.06. The third-order valence-corrected chi connectivity index (χ3v) is 3.51. The first-order valence-electron chi connectivity index (χ1n) is 6.08. The molecule has 0 spiro atoms. The van der Waals surface area contributed by atoms with Crippen LogP contribution in [0.4, 0.5) is 11.4 Å². The molecule has 2 aromatic carbocycles. The molecule has 21 heavy (non-hydrogen) atoms. The molecular weight excluding hydrogens is 309 g/mol. The van der Waals surface area contributed by atoms with Gasteiger partial charge in [-0.25, -0.2) is 0 Å². The van der Waals surface area contributed by atoms with Crippen molar-refractivity contribution in [2.24, 2.45) is 0 Å². The van der Waals surface area contributed by atoms with Gasteiger partial charge >= 0.3 is 0 Å². The Kier molecular flexibility index (Phi) is 5.04. The minimum Gasteiger partial charge on any atom is -0.375 e. The van der Waals surface area contributed by atoms with E-state index in [1.807, 2.05) is 6.07 Å². The Morgan fingerprint density at radius 3 is 2.52 bits per heavy atom. The van der Waals surface area contributed by atoms with Crippen LogP contribution in [0.3, 0.4) is 0 Å². The molecular formula is C15H11Cl2N3O. The Balaban J connectivity index is 1.93. The van der Waals surface area contributed by atoms with Crippen LogP contribution in [0, 0.1) is 11.3 Å². The van der Waals surface area contributed by atoms with E-state index in [4.69, 9.17) is 28.5 Å². The van der Waals surface area contributed by atoms with E-state index in [1.54, 1.807) is 42.5 Å². The molecule has 0 bridgehead atoms. The molecule has 0 saturated carbocycles. The van der Waals surface area contributed by atoms with Crippen LogP contribution in [0.15, 0.2) is 42.5 Å². The van der Waals surface area contributed by atoms with Crippen molar-refractivity contribution in [2.45, 2.75) is 0 Å². The second-order valence-corrected chi connectivity index (χ2v) is 4.98. The van der Waals surface area contributed by atoms with E-state index >= 15 is 0 Å². The van der Waals surface area contributed by atoms with E-state index in [1.165, 1.54) is 0 Å². The number of carbonyl (C=O) groups excluding carboxylic acids is 1. The lowest BCUT2D eigenvalue weighted by atomic mass is 10.2. The van der Waals surface area contributed by atoms with Crippen molar-refractivity contribution >= 4 is 40.5 Å². The number of nitrogens with one attached hydrogen (secondary N) is 2. The SMILES string of the molecule is N#Cc1ccc(NC(=O)CNc2cccc(Cl)c2Cl)cc1. The topological polar surface area (TPSA) is 64.9 Å². The van der Waals surface area contributed by atoms with Crippen molar-refractivity contribution in [1.29, 1.82) is 5.26 Å². The largest absolute Gasteiger partial charge is 0.375 e. The van der Waals surface area contributed by atoms with E-state index in [0.717, 1.165) is 0 Å². The van der Waals surface area contributed by atoms with Crippen LogP contribution in [-0.4, -0.2) is 12.5 Å². The molecule has 0 radical (unpaired) electrons. The molecule has 6 heteroatoms. The van der Waals surface area contributed by atoms with Crippen molar-refractivity contribution < 1.29 is 4.79 Å². The van der Waals surface area contributed by atoms with Crippen molar-refractivity contribution in [3.05, 3.63) is 58.1 Å². The van der Waals surface area contributed by atoms with Gasteiger partial charge in [-0.2, -0.15) is 5.26 Å². The molecule has 0 saturated heterocycles. The van der Waals surface area contributed by atoms with Gasteiger partial charge < -0.3 is 10.6 Å². The summed E-state index contributed by atoms with van der Waals surface area (Å²) in [4.78, 5) is 11.8. The number of halogens is 2. The fourth-order valence-electron chi connectivity index (χ4n) is 1.65. The molecule has 1 amide bonds. The van der Waals surface area contributed by atoms with E-state index in [0.29, 0.717) is 27.0 Å². The number of hydrogen-bond donors (Lipinski definition) is 2. The zero-order valence-corrected chi connectivity index (χ0v) is 12.4. The Hall–Kier alpha value is -2.22.